The fourth-order valence-corrected chi connectivity index (χ4v) is 3.06. The van der Waals surface area contributed by atoms with Crippen LogP contribution in [0.5, 0.6) is 0 Å². The molecule has 2 aromatic carbocycles. The summed E-state index contributed by atoms with van der Waals surface area (Å²) in [6.45, 7) is 2.05. The molecule has 5 heteroatoms. The largest absolute Gasteiger partial charge is 0.351 e. The van der Waals surface area contributed by atoms with Gasteiger partial charge in [0.2, 0.25) is 0 Å². The molecule has 2 aromatic rings. The first-order chi connectivity index (χ1) is 10.6. The van der Waals surface area contributed by atoms with Crippen molar-refractivity contribution in [2.45, 2.75) is 12.7 Å². The Morgan fingerprint density at radius 3 is 2.64 bits per heavy atom. The van der Waals surface area contributed by atoms with E-state index in [0.717, 1.165) is 11.1 Å². The predicted molar refractivity (Wildman–Crippen MR) is 86.6 cm³/mol. The summed E-state index contributed by atoms with van der Waals surface area (Å²) in [5.74, 6) is -0.227. The number of hydrogen-bond acceptors (Lipinski definition) is 2. The van der Waals surface area contributed by atoms with Crippen molar-refractivity contribution in [1.29, 1.82) is 0 Å². The second-order valence-electron chi connectivity index (χ2n) is 5.01. The molecule has 0 aromatic heterocycles. The molecular weight excluding hydrogens is 301 g/mol. The van der Waals surface area contributed by atoms with Crippen molar-refractivity contribution in [1.82, 2.24) is 5.32 Å². The molecule has 0 unspecified atom stereocenters. The van der Waals surface area contributed by atoms with E-state index in [1.807, 2.05) is 30.3 Å². The fraction of sp³-hybridized carbons (Fsp3) is 0.235. The second-order valence-corrected chi connectivity index (χ2v) is 6.59. The molecule has 0 radical (unpaired) electrons. The zero-order chi connectivity index (χ0) is 15.9. The summed E-state index contributed by atoms with van der Waals surface area (Å²) in [5.41, 5.74) is 1.84. The van der Waals surface area contributed by atoms with Crippen LogP contribution in [0.4, 0.5) is 4.39 Å². The predicted octanol–water partition coefficient (Wildman–Crippen LogP) is 2.81. The van der Waals surface area contributed by atoms with E-state index in [1.54, 1.807) is 13.0 Å². The van der Waals surface area contributed by atoms with Crippen molar-refractivity contribution in [2.24, 2.45) is 0 Å². The smallest absolute Gasteiger partial charge is 0.254 e. The van der Waals surface area contributed by atoms with Crippen LogP contribution in [0.3, 0.4) is 0 Å². The number of halogens is 1. The van der Waals surface area contributed by atoms with Crippen LogP contribution in [0.1, 0.15) is 21.5 Å². The average molecular weight is 319 g/mol. The lowest BCUT2D eigenvalue weighted by atomic mass is 10.1. The lowest BCUT2D eigenvalue weighted by Gasteiger charge is -2.07. The molecule has 0 saturated carbocycles. The number of carbonyl (C=O) groups excluding carboxylic acids is 1. The van der Waals surface area contributed by atoms with Crippen LogP contribution in [-0.2, 0) is 16.6 Å². The molecule has 1 amide bonds. The molecule has 22 heavy (non-hydrogen) atoms. The van der Waals surface area contributed by atoms with Crippen molar-refractivity contribution in [2.75, 3.05) is 12.3 Å². The molecule has 1 atom stereocenters. The highest BCUT2D eigenvalue weighted by Crippen LogP contribution is 2.09. The van der Waals surface area contributed by atoms with E-state index in [4.69, 9.17) is 0 Å². The maximum Gasteiger partial charge on any atom is 0.254 e. The molecule has 0 heterocycles. The third-order valence-electron chi connectivity index (χ3n) is 3.15. The van der Waals surface area contributed by atoms with E-state index in [0.29, 0.717) is 11.5 Å². The van der Waals surface area contributed by atoms with Gasteiger partial charge < -0.3 is 5.32 Å². The van der Waals surface area contributed by atoms with Gasteiger partial charge in [-0.1, -0.05) is 42.0 Å². The van der Waals surface area contributed by atoms with E-state index in [2.05, 4.69) is 5.32 Å². The molecule has 0 aliphatic heterocycles. The lowest BCUT2D eigenvalue weighted by molar-refractivity contribution is 0.0952. The van der Waals surface area contributed by atoms with Gasteiger partial charge in [-0.05, 0) is 24.6 Å². The van der Waals surface area contributed by atoms with Crippen LogP contribution in [0.15, 0.2) is 48.5 Å². The molecule has 0 aliphatic carbocycles. The molecule has 1 N–H and O–H groups in total. The monoisotopic (exact) mass is 319 g/mol. The minimum Gasteiger partial charge on any atom is -0.351 e. The molecule has 0 spiro atoms. The highest BCUT2D eigenvalue weighted by atomic mass is 32.2. The first-order valence-corrected chi connectivity index (χ1v) is 8.48. The average Bonchev–Trinajstić information content (AvgIpc) is 2.50. The topological polar surface area (TPSA) is 46.2 Å². The molecule has 0 aliphatic rings. The van der Waals surface area contributed by atoms with E-state index in [1.165, 1.54) is 12.1 Å². The normalized spacial score (nSPS) is 11.9. The number of carbonyl (C=O) groups is 1. The van der Waals surface area contributed by atoms with Crippen LogP contribution in [0.25, 0.3) is 0 Å². The minimum atomic E-state index is -1.06. The quantitative estimate of drug-likeness (QED) is 0.890. The number of benzene rings is 2. The fourth-order valence-electron chi connectivity index (χ4n) is 2.02. The standard InChI is InChI=1S/C17H18FNO2S/c1-13-7-8-16(18)15(11-13)17(20)19-9-10-22(21)12-14-5-3-2-4-6-14/h2-8,11H,9-10,12H2,1H3,(H,19,20)/t22-/m0/s1. The van der Waals surface area contributed by atoms with Crippen LogP contribution >= 0.6 is 0 Å². The van der Waals surface area contributed by atoms with E-state index in [-0.39, 0.29) is 12.1 Å². The summed E-state index contributed by atoms with van der Waals surface area (Å²) < 4.78 is 25.5. The highest BCUT2D eigenvalue weighted by molar-refractivity contribution is 7.84. The van der Waals surface area contributed by atoms with Crippen LogP contribution in [0.2, 0.25) is 0 Å². The Hall–Kier alpha value is -2.01. The Bertz CT molecular complexity index is 674. The molecule has 0 bridgehead atoms. The summed E-state index contributed by atoms with van der Waals surface area (Å²) in [7, 11) is -1.06. The first-order valence-electron chi connectivity index (χ1n) is 6.99. The van der Waals surface area contributed by atoms with Crippen LogP contribution in [-0.4, -0.2) is 22.4 Å². The third-order valence-corrected chi connectivity index (χ3v) is 4.47. The summed E-state index contributed by atoms with van der Waals surface area (Å²) in [6.07, 6.45) is 0. The van der Waals surface area contributed by atoms with Gasteiger partial charge in [0, 0.05) is 28.9 Å². The zero-order valence-electron chi connectivity index (χ0n) is 12.3. The van der Waals surface area contributed by atoms with E-state index in [9.17, 15) is 13.4 Å². The van der Waals surface area contributed by atoms with Crippen LogP contribution < -0.4 is 5.32 Å². The van der Waals surface area contributed by atoms with Gasteiger partial charge in [0.05, 0.1) is 5.56 Å². The summed E-state index contributed by atoms with van der Waals surface area (Å²) in [4.78, 5) is 11.9. The first kappa shape index (κ1) is 16.4. The van der Waals surface area contributed by atoms with Crippen molar-refractivity contribution in [3.05, 3.63) is 71.0 Å². The molecule has 3 nitrogen and oxygen atoms in total. The Morgan fingerprint density at radius 1 is 1.18 bits per heavy atom. The van der Waals surface area contributed by atoms with Crippen LogP contribution in [0, 0.1) is 12.7 Å². The summed E-state index contributed by atoms with van der Waals surface area (Å²) >= 11 is 0. The second kappa shape index (κ2) is 7.84. The van der Waals surface area contributed by atoms with Gasteiger partial charge in [-0.3, -0.25) is 9.00 Å². The number of hydrogen-bond donors (Lipinski definition) is 1. The van der Waals surface area contributed by atoms with E-state index >= 15 is 0 Å². The Morgan fingerprint density at radius 2 is 1.91 bits per heavy atom. The number of nitrogens with one attached hydrogen (secondary N) is 1. The molecular formula is C17H18FNO2S. The van der Waals surface area contributed by atoms with Crippen molar-refractivity contribution < 1.29 is 13.4 Å². The van der Waals surface area contributed by atoms with E-state index < -0.39 is 22.5 Å². The van der Waals surface area contributed by atoms with Gasteiger partial charge in [-0.15, -0.1) is 0 Å². The van der Waals surface area contributed by atoms with Gasteiger partial charge in [0.1, 0.15) is 5.82 Å². The van der Waals surface area contributed by atoms with Crippen molar-refractivity contribution in [3.8, 4) is 0 Å². The van der Waals surface area contributed by atoms with Gasteiger partial charge in [0.25, 0.3) is 5.91 Å². The Balaban J connectivity index is 1.82. The minimum absolute atomic E-state index is 0.0221. The summed E-state index contributed by atoms with van der Waals surface area (Å²) in [5, 5.41) is 2.61. The van der Waals surface area contributed by atoms with Gasteiger partial charge in [-0.25, -0.2) is 4.39 Å². The van der Waals surface area contributed by atoms with Gasteiger partial charge >= 0.3 is 0 Å². The maximum atomic E-state index is 13.6. The highest BCUT2D eigenvalue weighted by Gasteiger charge is 2.11. The molecule has 0 saturated heterocycles. The Labute approximate surface area is 132 Å². The number of amides is 1. The van der Waals surface area contributed by atoms with Crippen molar-refractivity contribution >= 4 is 16.7 Å². The maximum absolute atomic E-state index is 13.6. The summed E-state index contributed by atoms with van der Waals surface area (Å²) in [6, 6.07) is 13.9. The zero-order valence-corrected chi connectivity index (χ0v) is 13.2. The molecule has 116 valence electrons. The molecule has 2 rings (SSSR count). The SMILES string of the molecule is Cc1ccc(F)c(C(=O)NCC[S@](=O)Cc2ccccc2)c1. The lowest BCUT2D eigenvalue weighted by Crippen LogP contribution is -2.28. The number of aryl methyl sites for hydroxylation is 1. The van der Waals surface area contributed by atoms with Crippen molar-refractivity contribution in [3.63, 3.8) is 0 Å². The third kappa shape index (κ3) is 4.77. The number of rotatable bonds is 6. The Kier molecular flexibility index (Phi) is 5.83. The van der Waals surface area contributed by atoms with Gasteiger partial charge in [-0.2, -0.15) is 0 Å². The van der Waals surface area contributed by atoms with Gasteiger partial charge in [0.15, 0.2) is 0 Å². The molecule has 0 fully saturated rings.